The van der Waals surface area contributed by atoms with Crippen molar-refractivity contribution in [3.05, 3.63) is 48.6 Å². The van der Waals surface area contributed by atoms with Gasteiger partial charge in [0.15, 0.2) is 0 Å². The lowest BCUT2D eigenvalue weighted by atomic mass is 9.95. The van der Waals surface area contributed by atoms with Crippen LogP contribution in [0.25, 0.3) is 6.08 Å². The van der Waals surface area contributed by atoms with Crippen molar-refractivity contribution in [2.45, 2.75) is 32.8 Å². The van der Waals surface area contributed by atoms with Gasteiger partial charge in [0.2, 0.25) is 0 Å². The van der Waals surface area contributed by atoms with E-state index in [1.807, 2.05) is 38.1 Å². The zero-order valence-corrected chi connectivity index (χ0v) is 10.4. The zero-order valence-electron chi connectivity index (χ0n) is 10.4. The van der Waals surface area contributed by atoms with Crippen LogP contribution in [0.1, 0.15) is 37.8 Å². The first-order valence-corrected chi connectivity index (χ1v) is 5.64. The maximum absolute atomic E-state index is 5.77. The van der Waals surface area contributed by atoms with Crippen LogP contribution >= 0.6 is 0 Å². The summed E-state index contributed by atoms with van der Waals surface area (Å²) in [6.07, 6.45) is 3.96. The number of ether oxygens (including phenoxy) is 1. The van der Waals surface area contributed by atoms with Gasteiger partial charge in [0.1, 0.15) is 5.75 Å². The normalized spacial score (nSPS) is 12.2. The van der Waals surface area contributed by atoms with Crippen LogP contribution < -0.4 is 4.74 Å². The molecule has 86 valence electrons. The van der Waals surface area contributed by atoms with Crippen molar-refractivity contribution in [1.82, 2.24) is 0 Å². The highest BCUT2D eigenvalue weighted by molar-refractivity contribution is 5.61. The molecular formula is C15H20O. The third kappa shape index (κ3) is 2.75. The van der Waals surface area contributed by atoms with Gasteiger partial charge in [-0.05, 0) is 31.4 Å². The van der Waals surface area contributed by atoms with Gasteiger partial charge in [0.05, 0.1) is 6.10 Å². The van der Waals surface area contributed by atoms with Gasteiger partial charge < -0.3 is 4.74 Å². The first-order chi connectivity index (χ1) is 7.60. The molecule has 0 spiro atoms. The minimum absolute atomic E-state index is 0.174. The van der Waals surface area contributed by atoms with Crippen molar-refractivity contribution in [1.29, 1.82) is 0 Å². The van der Waals surface area contributed by atoms with Crippen molar-refractivity contribution in [2.75, 3.05) is 0 Å². The van der Waals surface area contributed by atoms with Crippen molar-refractivity contribution in [3.63, 3.8) is 0 Å². The Morgan fingerprint density at radius 1 is 1.19 bits per heavy atom. The molecule has 1 rings (SSSR count). The molecule has 0 bridgehead atoms. The lowest BCUT2D eigenvalue weighted by Crippen LogP contribution is -2.07. The fraction of sp³-hybridized carbons (Fsp3) is 0.333. The van der Waals surface area contributed by atoms with Crippen LogP contribution in [0.4, 0.5) is 0 Å². The fourth-order valence-electron chi connectivity index (χ4n) is 1.66. The van der Waals surface area contributed by atoms with Crippen molar-refractivity contribution >= 4 is 6.08 Å². The number of hydrogen-bond acceptors (Lipinski definition) is 1. The minimum atomic E-state index is 0.174. The van der Waals surface area contributed by atoms with E-state index in [0.717, 1.165) is 11.3 Å². The molecule has 1 nitrogen and oxygen atoms in total. The maximum Gasteiger partial charge on any atom is 0.127 e. The Labute approximate surface area is 98.5 Å². The third-order valence-electron chi connectivity index (χ3n) is 2.51. The second kappa shape index (κ2) is 5.55. The maximum atomic E-state index is 5.77. The molecule has 1 unspecified atom stereocenters. The van der Waals surface area contributed by atoms with E-state index in [4.69, 9.17) is 4.74 Å². The van der Waals surface area contributed by atoms with Gasteiger partial charge in [-0.3, -0.25) is 0 Å². The zero-order chi connectivity index (χ0) is 12.1. The molecular weight excluding hydrogens is 196 g/mol. The Hall–Kier alpha value is -1.50. The summed E-state index contributed by atoms with van der Waals surface area (Å²) in [6.45, 7) is 13.9. The second-order valence-electron chi connectivity index (χ2n) is 4.15. The highest BCUT2D eigenvalue weighted by Crippen LogP contribution is 2.30. The van der Waals surface area contributed by atoms with Crippen molar-refractivity contribution in [2.24, 2.45) is 0 Å². The van der Waals surface area contributed by atoms with E-state index < -0.39 is 0 Å². The Morgan fingerprint density at radius 2 is 1.88 bits per heavy atom. The van der Waals surface area contributed by atoms with Gasteiger partial charge in [0, 0.05) is 5.56 Å². The molecule has 1 aromatic rings. The quantitative estimate of drug-likeness (QED) is 0.663. The van der Waals surface area contributed by atoms with Crippen LogP contribution in [-0.4, -0.2) is 6.10 Å². The van der Waals surface area contributed by atoms with E-state index in [9.17, 15) is 0 Å². The Morgan fingerprint density at radius 3 is 2.38 bits per heavy atom. The Balaban J connectivity index is 3.20. The third-order valence-corrected chi connectivity index (χ3v) is 2.51. The molecule has 0 aromatic heterocycles. The van der Waals surface area contributed by atoms with Crippen LogP contribution in [0, 0.1) is 0 Å². The van der Waals surface area contributed by atoms with Crippen LogP contribution in [0.5, 0.6) is 5.75 Å². The predicted molar refractivity (Wildman–Crippen MR) is 70.9 cm³/mol. The topological polar surface area (TPSA) is 9.23 Å². The van der Waals surface area contributed by atoms with E-state index in [2.05, 4.69) is 26.1 Å². The van der Waals surface area contributed by atoms with Crippen LogP contribution in [0.2, 0.25) is 0 Å². The summed E-state index contributed by atoms with van der Waals surface area (Å²) in [7, 11) is 0. The summed E-state index contributed by atoms with van der Waals surface area (Å²) in [6, 6.07) is 6.09. The molecule has 0 aliphatic heterocycles. The van der Waals surface area contributed by atoms with Gasteiger partial charge in [-0.15, -0.1) is 6.58 Å². The molecule has 0 heterocycles. The number of hydrogen-bond donors (Lipinski definition) is 0. The van der Waals surface area contributed by atoms with Crippen LogP contribution in [0.3, 0.4) is 0 Å². The number of allylic oxidation sites excluding steroid dienone is 1. The first kappa shape index (κ1) is 12.6. The Kier molecular flexibility index (Phi) is 4.36. The average Bonchev–Trinajstić information content (AvgIpc) is 2.27. The number of benzene rings is 1. The van der Waals surface area contributed by atoms with Crippen LogP contribution in [0.15, 0.2) is 37.4 Å². The highest BCUT2D eigenvalue weighted by atomic mass is 16.5. The summed E-state index contributed by atoms with van der Waals surface area (Å²) in [5.74, 6) is 1.21. The average molecular weight is 216 g/mol. The Bertz CT molecular complexity index is 377. The van der Waals surface area contributed by atoms with E-state index in [1.165, 1.54) is 5.56 Å². The lowest BCUT2D eigenvalue weighted by molar-refractivity contribution is 0.241. The monoisotopic (exact) mass is 216 g/mol. The molecule has 0 radical (unpaired) electrons. The molecule has 0 amide bonds. The summed E-state index contributed by atoms with van der Waals surface area (Å²) in [5.41, 5.74) is 2.28. The molecule has 0 saturated heterocycles. The molecule has 1 heteroatoms. The van der Waals surface area contributed by atoms with Gasteiger partial charge in [-0.25, -0.2) is 0 Å². The standard InChI is InChI=1S/C15H20O/c1-6-12(5)14-9-8-10-15(13(14)7-2)16-11(3)4/h6-12H,1-2H2,3-5H3. The molecule has 16 heavy (non-hydrogen) atoms. The van der Waals surface area contributed by atoms with Gasteiger partial charge in [0.25, 0.3) is 0 Å². The van der Waals surface area contributed by atoms with Gasteiger partial charge >= 0.3 is 0 Å². The summed E-state index contributed by atoms with van der Waals surface area (Å²) in [5, 5.41) is 0. The van der Waals surface area contributed by atoms with E-state index >= 15 is 0 Å². The second-order valence-corrected chi connectivity index (χ2v) is 4.15. The molecule has 0 aliphatic carbocycles. The van der Waals surface area contributed by atoms with E-state index in [0.29, 0.717) is 5.92 Å². The minimum Gasteiger partial charge on any atom is -0.490 e. The molecule has 0 aliphatic rings. The van der Waals surface area contributed by atoms with Crippen molar-refractivity contribution in [3.8, 4) is 5.75 Å². The van der Waals surface area contributed by atoms with Crippen LogP contribution in [-0.2, 0) is 0 Å². The molecule has 0 fully saturated rings. The molecule has 0 saturated carbocycles. The number of rotatable bonds is 5. The SMILES string of the molecule is C=Cc1c(OC(C)C)cccc1C(C)C=C. The predicted octanol–water partition coefficient (Wildman–Crippen LogP) is 4.41. The largest absolute Gasteiger partial charge is 0.490 e. The molecule has 0 N–H and O–H groups in total. The summed E-state index contributed by atoms with van der Waals surface area (Å²) < 4.78 is 5.77. The molecule has 1 atom stereocenters. The summed E-state index contributed by atoms with van der Waals surface area (Å²) >= 11 is 0. The van der Waals surface area contributed by atoms with Gasteiger partial charge in [-0.2, -0.15) is 0 Å². The summed E-state index contributed by atoms with van der Waals surface area (Å²) in [4.78, 5) is 0. The smallest absolute Gasteiger partial charge is 0.127 e. The first-order valence-electron chi connectivity index (χ1n) is 5.64. The van der Waals surface area contributed by atoms with Gasteiger partial charge in [-0.1, -0.05) is 37.8 Å². The fourth-order valence-corrected chi connectivity index (χ4v) is 1.66. The van der Waals surface area contributed by atoms with E-state index in [1.54, 1.807) is 0 Å². The molecule has 1 aromatic carbocycles. The van der Waals surface area contributed by atoms with Crippen molar-refractivity contribution < 1.29 is 4.74 Å². The van der Waals surface area contributed by atoms with E-state index in [-0.39, 0.29) is 6.10 Å². The lowest BCUT2D eigenvalue weighted by Gasteiger charge is -2.17. The highest BCUT2D eigenvalue weighted by Gasteiger charge is 2.11.